The summed E-state index contributed by atoms with van der Waals surface area (Å²) in [7, 11) is 0. The molecule has 0 radical (unpaired) electrons. The molecule has 0 saturated carbocycles. The maximum Gasteiger partial charge on any atom is 0.342 e. The average molecular weight is 334 g/mol. The first kappa shape index (κ1) is 16.6. The van der Waals surface area contributed by atoms with E-state index >= 15 is 0 Å². The van der Waals surface area contributed by atoms with E-state index in [1.54, 1.807) is 30.3 Å². The zero-order valence-electron chi connectivity index (χ0n) is 13.6. The number of esters is 1. The molecule has 3 rings (SSSR count). The lowest BCUT2D eigenvalue weighted by molar-refractivity contribution is 0.0467. The molecule has 0 aliphatic heterocycles. The van der Waals surface area contributed by atoms with E-state index < -0.39 is 5.97 Å². The van der Waals surface area contributed by atoms with E-state index in [1.807, 2.05) is 30.3 Å². The van der Waals surface area contributed by atoms with Gasteiger partial charge < -0.3 is 14.9 Å². The normalized spacial score (nSPS) is 10.4. The predicted octanol–water partition coefficient (Wildman–Crippen LogP) is 4.05. The Morgan fingerprint density at radius 3 is 2.24 bits per heavy atom. The van der Waals surface area contributed by atoms with Crippen molar-refractivity contribution in [1.82, 2.24) is 0 Å². The van der Waals surface area contributed by atoms with Gasteiger partial charge in [-0.25, -0.2) is 4.79 Å². The van der Waals surface area contributed by atoms with E-state index in [2.05, 4.69) is 0 Å². The van der Waals surface area contributed by atoms with Crippen LogP contribution in [0.1, 0.15) is 27.0 Å². The summed E-state index contributed by atoms with van der Waals surface area (Å²) in [5.74, 6) is -0.637. The van der Waals surface area contributed by atoms with Crippen molar-refractivity contribution in [1.29, 1.82) is 0 Å². The van der Waals surface area contributed by atoms with Crippen molar-refractivity contribution in [3.63, 3.8) is 0 Å². The molecule has 0 fully saturated rings. The Morgan fingerprint density at radius 1 is 0.800 bits per heavy atom. The topological polar surface area (TPSA) is 66.8 Å². The molecular weight excluding hydrogens is 316 g/mol. The number of ether oxygens (including phenoxy) is 1. The van der Waals surface area contributed by atoms with Crippen molar-refractivity contribution in [3.05, 3.63) is 95.1 Å². The second-order valence-electron chi connectivity index (χ2n) is 5.68. The van der Waals surface area contributed by atoms with Crippen LogP contribution in [0, 0.1) is 0 Å². The molecule has 0 aromatic heterocycles. The van der Waals surface area contributed by atoms with Crippen LogP contribution in [0.2, 0.25) is 0 Å². The first-order valence-corrected chi connectivity index (χ1v) is 7.94. The minimum Gasteiger partial charge on any atom is -0.508 e. The highest BCUT2D eigenvalue weighted by molar-refractivity contribution is 5.92. The van der Waals surface area contributed by atoms with E-state index in [4.69, 9.17) is 4.74 Å². The van der Waals surface area contributed by atoms with Crippen LogP contribution in [0.25, 0.3) is 0 Å². The average Bonchev–Trinajstić information content (AvgIpc) is 2.63. The van der Waals surface area contributed by atoms with E-state index in [1.165, 1.54) is 12.1 Å². The Labute approximate surface area is 146 Å². The van der Waals surface area contributed by atoms with E-state index in [9.17, 15) is 15.0 Å². The Bertz CT molecular complexity index is 872. The lowest BCUT2D eigenvalue weighted by Crippen LogP contribution is -2.06. The molecule has 25 heavy (non-hydrogen) atoms. The van der Waals surface area contributed by atoms with Crippen molar-refractivity contribution in [2.45, 2.75) is 13.0 Å². The van der Waals surface area contributed by atoms with Gasteiger partial charge in [0.15, 0.2) is 0 Å². The summed E-state index contributed by atoms with van der Waals surface area (Å²) in [6.45, 7) is -0.0616. The predicted molar refractivity (Wildman–Crippen MR) is 94.6 cm³/mol. The van der Waals surface area contributed by atoms with E-state index in [0.29, 0.717) is 17.5 Å². The first-order chi connectivity index (χ1) is 12.1. The molecule has 2 N–H and O–H groups in total. The molecule has 3 aromatic carbocycles. The Hall–Kier alpha value is -3.27. The fraction of sp³-hybridized carbons (Fsp3) is 0.0952. The molecule has 0 saturated heterocycles. The van der Waals surface area contributed by atoms with Crippen molar-refractivity contribution < 1.29 is 19.7 Å². The molecule has 3 aromatic rings. The quantitative estimate of drug-likeness (QED) is 0.691. The number of para-hydroxylation sites is 2. The Balaban J connectivity index is 1.75. The molecular formula is C21H18O4. The molecule has 0 aliphatic carbocycles. The summed E-state index contributed by atoms with van der Waals surface area (Å²) in [5, 5.41) is 20.1. The van der Waals surface area contributed by atoms with Gasteiger partial charge in [-0.3, -0.25) is 0 Å². The van der Waals surface area contributed by atoms with Gasteiger partial charge in [0, 0.05) is 12.0 Å². The fourth-order valence-corrected chi connectivity index (χ4v) is 2.57. The van der Waals surface area contributed by atoms with Gasteiger partial charge >= 0.3 is 5.97 Å². The number of carbonyl (C=O) groups is 1. The molecule has 0 atom stereocenters. The molecule has 0 bridgehead atoms. The number of aromatic hydroxyl groups is 2. The zero-order chi connectivity index (χ0) is 17.6. The maximum atomic E-state index is 12.3. The van der Waals surface area contributed by atoms with Crippen LogP contribution in [0.3, 0.4) is 0 Å². The Kier molecular flexibility index (Phi) is 5.00. The van der Waals surface area contributed by atoms with Crippen LogP contribution >= 0.6 is 0 Å². The molecule has 0 heterocycles. The summed E-state index contributed by atoms with van der Waals surface area (Å²) in [6.07, 6.45) is 0.521. The van der Waals surface area contributed by atoms with Crippen LogP contribution in [-0.2, 0) is 17.8 Å². The van der Waals surface area contributed by atoms with Gasteiger partial charge in [0.05, 0.1) is 0 Å². The molecule has 0 spiro atoms. The highest BCUT2D eigenvalue weighted by Gasteiger charge is 2.16. The summed E-state index contributed by atoms with van der Waals surface area (Å²) in [6, 6.07) is 21.4. The van der Waals surface area contributed by atoms with Crippen LogP contribution in [0.4, 0.5) is 0 Å². The number of hydrogen-bond donors (Lipinski definition) is 2. The smallest absolute Gasteiger partial charge is 0.342 e. The second-order valence-corrected chi connectivity index (χ2v) is 5.68. The highest BCUT2D eigenvalue weighted by atomic mass is 16.5. The summed E-state index contributed by atoms with van der Waals surface area (Å²) >= 11 is 0. The third-order valence-electron chi connectivity index (χ3n) is 3.93. The van der Waals surface area contributed by atoms with E-state index in [0.717, 1.165) is 5.56 Å². The monoisotopic (exact) mass is 334 g/mol. The van der Waals surface area contributed by atoms with Crippen LogP contribution in [0.5, 0.6) is 11.5 Å². The minimum absolute atomic E-state index is 0.0616. The standard InChI is InChI=1S/C21H18O4/c22-19-12-5-4-9-17(19)14-25-21(24)18-11-6-10-16(20(18)23)13-15-7-2-1-3-8-15/h1-12,22-23H,13-14H2. The van der Waals surface area contributed by atoms with Gasteiger partial charge in [-0.2, -0.15) is 0 Å². The first-order valence-electron chi connectivity index (χ1n) is 7.94. The van der Waals surface area contributed by atoms with Gasteiger partial charge in [-0.1, -0.05) is 60.7 Å². The van der Waals surface area contributed by atoms with Crippen molar-refractivity contribution in [2.24, 2.45) is 0 Å². The molecule has 0 aliphatic rings. The minimum atomic E-state index is -0.629. The third-order valence-corrected chi connectivity index (χ3v) is 3.93. The summed E-state index contributed by atoms with van der Waals surface area (Å²) in [4.78, 5) is 12.3. The third kappa shape index (κ3) is 3.98. The van der Waals surface area contributed by atoms with Gasteiger partial charge in [0.25, 0.3) is 0 Å². The summed E-state index contributed by atoms with van der Waals surface area (Å²) in [5.41, 5.74) is 2.32. The van der Waals surface area contributed by atoms with Crippen molar-refractivity contribution in [2.75, 3.05) is 0 Å². The number of phenolic OH excluding ortho intramolecular Hbond substituents is 2. The fourth-order valence-electron chi connectivity index (χ4n) is 2.57. The van der Waals surface area contributed by atoms with Gasteiger partial charge in [0.2, 0.25) is 0 Å². The van der Waals surface area contributed by atoms with Crippen LogP contribution < -0.4 is 0 Å². The lowest BCUT2D eigenvalue weighted by atomic mass is 10.0. The molecule has 4 heteroatoms. The van der Waals surface area contributed by atoms with E-state index in [-0.39, 0.29) is 23.7 Å². The number of phenols is 2. The largest absolute Gasteiger partial charge is 0.508 e. The number of rotatable bonds is 5. The van der Waals surface area contributed by atoms with Gasteiger partial charge in [-0.15, -0.1) is 0 Å². The molecule has 126 valence electrons. The molecule has 4 nitrogen and oxygen atoms in total. The zero-order valence-corrected chi connectivity index (χ0v) is 13.6. The number of carbonyl (C=O) groups excluding carboxylic acids is 1. The summed E-state index contributed by atoms with van der Waals surface area (Å²) < 4.78 is 5.22. The van der Waals surface area contributed by atoms with Crippen LogP contribution in [0.15, 0.2) is 72.8 Å². The molecule has 0 unspecified atom stereocenters. The Morgan fingerprint density at radius 2 is 1.48 bits per heavy atom. The SMILES string of the molecule is O=C(OCc1ccccc1O)c1cccc(Cc2ccccc2)c1O. The van der Waals surface area contributed by atoms with Crippen LogP contribution in [-0.4, -0.2) is 16.2 Å². The molecule has 0 amide bonds. The lowest BCUT2D eigenvalue weighted by Gasteiger charge is -2.10. The van der Waals surface area contributed by atoms with Crippen molar-refractivity contribution >= 4 is 5.97 Å². The highest BCUT2D eigenvalue weighted by Crippen LogP contribution is 2.26. The van der Waals surface area contributed by atoms with Crippen molar-refractivity contribution in [3.8, 4) is 11.5 Å². The number of hydrogen-bond acceptors (Lipinski definition) is 4. The van der Waals surface area contributed by atoms with Gasteiger partial charge in [-0.05, 0) is 23.3 Å². The maximum absolute atomic E-state index is 12.3. The number of benzene rings is 3. The van der Waals surface area contributed by atoms with Gasteiger partial charge in [0.1, 0.15) is 23.7 Å². The second kappa shape index (κ2) is 7.53.